The largest absolute Gasteiger partial charge is 0.334 e. The summed E-state index contributed by atoms with van der Waals surface area (Å²) in [5.74, 6) is 0.508. The predicted octanol–water partition coefficient (Wildman–Crippen LogP) is 4.27. The Balaban J connectivity index is 1.61. The number of hydrogen-bond donors (Lipinski definition) is 1. The maximum absolute atomic E-state index is 12.3. The van der Waals surface area contributed by atoms with Crippen LogP contribution in [0.15, 0.2) is 54.9 Å². The molecule has 1 N–H and O–H groups in total. The molecule has 0 radical (unpaired) electrons. The van der Waals surface area contributed by atoms with Crippen molar-refractivity contribution in [3.05, 3.63) is 66.0 Å². The third-order valence-electron chi connectivity index (χ3n) is 4.94. The molecular weight excluding hydrogens is 336 g/mol. The number of hydrogen-bond acceptors (Lipinski definition) is 2. The van der Waals surface area contributed by atoms with Gasteiger partial charge in [-0.1, -0.05) is 56.7 Å². The summed E-state index contributed by atoms with van der Waals surface area (Å²) in [6, 6.07) is 16.4. The summed E-state index contributed by atoms with van der Waals surface area (Å²) in [7, 11) is 1.85. The average Bonchev–Trinajstić information content (AvgIpc) is 3.09. The molecule has 2 amide bonds. The molecule has 0 fully saturated rings. The van der Waals surface area contributed by atoms with Gasteiger partial charge in [0, 0.05) is 26.7 Å². The van der Waals surface area contributed by atoms with Gasteiger partial charge >= 0.3 is 6.03 Å². The molecule has 2 aromatic carbocycles. The van der Waals surface area contributed by atoms with Gasteiger partial charge in [-0.15, -0.1) is 0 Å². The average molecular weight is 364 g/mol. The van der Waals surface area contributed by atoms with Crippen LogP contribution < -0.4 is 5.32 Å². The smallest absolute Gasteiger partial charge is 0.317 e. The van der Waals surface area contributed by atoms with Crippen molar-refractivity contribution in [2.45, 2.75) is 33.4 Å². The highest BCUT2D eigenvalue weighted by molar-refractivity contribution is 5.75. The number of para-hydroxylation sites is 2. The molecule has 142 valence electrons. The molecule has 0 bridgehead atoms. The number of rotatable bonds is 7. The van der Waals surface area contributed by atoms with Gasteiger partial charge in [0.15, 0.2) is 0 Å². The third-order valence-corrected chi connectivity index (χ3v) is 4.94. The monoisotopic (exact) mass is 364 g/mol. The van der Waals surface area contributed by atoms with Gasteiger partial charge in [0.05, 0.1) is 17.4 Å². The summed E-state index contributed by atoms with van der Waals surface area (Å²) in [4.78, 5) is 18.5. The Bertz CT molecular complexity index is 902. The second kappa shape index (κ2) is 8.71. The summed E-state index contributed by atoms with van der Waals surface area (Å²) in [6.45, 7) is 6.37. The standard InChI is InChI=1S/C22H28N4O/c1-4-17(2)14-25(3)22(27)23-13-18-8-7-9-19(12-18)15-26-16-24-20-10-5-6-11-21(20)26/h5-12,16-17H,4,13-15H2,1-3H3,(H,23,27)/t17-/m0/s1. The van der Waals surface area contributed by atoms with E-state index in [0.717, 1.165) is 36.1 Å². The van der Waals surface area contributed by atoms with Crippen LogP contribution in [0.3, 0.4) is 0 Å². The topological polar surface area (TPSA) is 50.2 Å². The van der Waals surface area contributed by atoms with Crippen molar-refractivity contribution in [2.75, 3.05) is 13.6 Å². The molecule has 27 heavy (non-hydrogen) atoms. The van der Waals surface area contributed by atoms with Crippen LogP contribution in [-0.2, 0) is 13.1 Å². The van der Waals surface area contributed by atoms with E-state index in [-0.39, 0.29) is 6.03 Å². The Morgan fingerprint density at radius 2 is 1.96 bits per heavy atom. The lowest BCUT2D eigenvalue weighted by Gasteiger charge is -2.21. The van der Waals surface area contributed by atoms with Crippen molar-refractivity contribution < 1.29 is 4.79 Å². The third kappa shape index (κ3) is 4.88. The molecule has 0 aliphatic carbocycles. The Kier molecular flexibility index (Phi) is 6.12. The Labute approximate surface area is 161 Å². The molecular formula is C22H28N4O. The Morgan fingerprint density at radius 1 is 1.19 bits per heavy atom. The van der Waals surface area contributed by atoms with E-state index in [2.05, 4.69) is 46.9 Å². The molecule has 0 saturated carbocycles. The minimum Gasteiger partial charge on any atom is -0.334 e. The van der Waals surface area contributed by atoms with Crippen molar-refractivity contribution in [2.24, 2.45) is 5.92 Å². The van der Waals surface area contributed by atoms with Gasteiger partial charge in [-0.05, 0) is 29.2 Å². The van der Waals surface area contributed by atoms with Crippen molar-refractivity contribution in [3.63, 3.8) is 0 Å². The van der Waals surface area contributed by atoms with Gasteiger partial charge in [0.2, 0.25) is 0 Å². The molecule has 3 rings (SSSR count). The van der Waals surface area contributed by atoms with E-state index in [1.165, 1.54) is 5.56 Å². The van der Waals surface area contributed by atoms with Crippen LogP contribution in [0.4, 0.5) is 4.79 Å². The maximum atomic E-state index is 12.3. The molecule has 1 heterocycles. The number of amides is 2. The molecule has 3 aromatic rings. The van der Waals surface area contributed by atoms with E-state index in [1.54, 1.807) is 4.90 Å². The van der Waals surface area contributed by atoms with E-state index in [0.29, 0.717) is 12.5 Å². The fraction of sp³-hybridized carbons (Fsp3) is 0.364. The molecule has 0 spiro atoms. The zero-order chi connectivity index (χ0) is 19.2. The van der Waals surface area contributed by atoms with E-state index in [9.17, 15) is 4.79 Å². The fourth-order valence-corrected chi connectivity index (χ4v) is 3.16. The summed E-state index contributed by atoms with van der Waals surface area (Å²) >= 11 is 0. The molecule has 0 aliphatic heterocycles. The van der Waals surface area contributed by atoms with Gasteiger partial charge in [-0.2, -0.15) is 0 Å². The number of urea groups is 1. The van der Waals surface area contributed by atoms with Crippen molar-refractivity contribution in [1.82, 2.24) is 19.8 Å². The lowest BCUT2D eigenvalue weighted by atomic mass is 10.1. The quantitative estimate of drug-likeness (QED) is 0.680. The number of fused-ring (bicyclic) bond motifs is 1. The predicted molar refractivity (Wildman–Crippen MR) is 110 cm³/mol. The Morgan fingerprint density at radius 3 is 2.78 bits per heavy atom. The van der Waals surface area contributed by atoms with Crippen molar-refractivity contribution in [3.8, 4) is 0 Å². The van der Waals surface area contributed by atoms with E-state index >= 15 is 0 Å². The van der Waals surface area contributed by atoms with Crippen molar-refractivity contribution in [1.29, 1.82) is 0 Å². The molecule has 0 unspecified atom stereocenters. The normalized spacial score (nSPS) is 12.1. The first kappa shape index (κ1) is 19.0. The van der Waals surface area contributed by atoms with Crippen LogP contribution in [0.5, 0.6) is 0 Å². The highest BCUT2D eigenvalue weighted by atomic mass is 16.2. The number of carbonyl (C=O) groups excluding carboxylic acids is 1. The number of nitrogens with one attached hydrogen (secondary N) is 1. The molecule has 5 heteroatoms. The number of nitrogens with zero attached hydrogens (tertiary/aromatic N) is 3. The molecule has 0 aliphatic rings. The first-order valence-corrected chi connectivity index (χ1v) is 9.53. The first-order chi connectivity index (χ1) is 13.1. The number of carbonyl (C=O) groups is 1. The Hall–Kier alpha value is -2.82. The lowest BCUT2D eigenvalue weighted by molar-refractivity contribution is 0.201. The number of aromatic nitrogens is 2. The lowest BCUT2D eigenvalue weighted by Crippen LogP contribution is -2.39. The van der Waals surface area contributed by atoms with E-state index in [1.807, 2.05) is 43.7 Å². The highest BCUT2D eigenvalue weighted by Gasteiger charge is 2.11. The van der Waals surface area contributed by atoms with Gasteiger partial charge < -0.3 is 14.8 Å². The number of benzene rings is 2. The van der Waals surface area contributed by atoms with Crippen LogP contribution >= 0.6 is 0 Å². The van der Waals surface area contributed by atoms with Crippen LogP contribution in [0.2, 0.25) is 0 Å². The molecule has 1 atom stereocenters. The SMILES string of the molecule is CC[C@H](C)CN(C)C(=O)NCc1cccc(Cn2cnc3ccccc32)c1. The van der Waals surface area contributed by atoms with Gasteiger partial charge in [-0.25, -0.2) is 9.78 Å². The fourth-order valence-electron chi connectivity index (χ4n) is 3.16. The maximum Gasteiger partial charge on any atom is 0.317 e. The van der Waals surface area contributed by atoms with Crippen molar-refractivity contribution >= 4 is 17.1 Å². The van der Waals surface area contributed by atoms with Crippen LogP contribution in [0.1, 0.15) is 31.4 Å². The van der Waals surface area contributed by atoms with Crippen LogP contribution in [0.25, 0.3) is 11.0 Å². The summed E-state index contributed by atoms with van der Waals surface area (Å²) in [6.07, 6.45) is 2.95. The molecule has 0 saturated heterocycles. The minimum absolute atomic E-state index is 0.0266. The second-order valence-electron chi connectivity index (χ2n) is 7.23. The van der Waals surface area contributed by atoms with Crippen LogP contribution in [0, 0.1) is 5.92 Å². The summed E-state index contributed by atoms with van der Waals surface area (Å²) in [5, 5.41) is 3.01. The minimum atomic E-state index is -0.0266. The zero-order valence-corrected chi connectivity index (χ0v) is 16.4. The van der Waals surface area contributed by atoms with E-state index < -0.39 is 0 Å². The summed E-state index contributed by atoms with van der Waals surface area (Å²) in [5.41, 5.74) is 4.42. The van der Waals surface area contributed by atoms with Gasteiger partial charge in [0.25, 0.3) is 0 Å². The summed E-state index contributed by atoms with van der Waals surface area (Å²) < 4.78 is 2.15. The molecule has 5 nitrogen and oxygen atoms in total. The van der Waals surface area contributed by atoms with Crippen LogP contribution in [-0.4, -0.2) is 34.1 Å². The number of imidazole rings is 1. The van der Waals surface area contributed by atoms with Gasteiger partial charge in [0.1, 0.15) is 0 Å². The highest BCUT2D eigenvalue weighted by Crippen LogP contribution is 2.15. The van der Waals surface area contributed by atoms with E-state index in [4.69, 9.17) is 0 Å². The second-order valence-corrected chi connectivity index (χ2v) is 7.23. The zero-order valence-electron chi connectivity index (χ0n) is 16.4. The first-order valence-electron chi connectivity index (χ1n) is 9.53. The molecule has 1 aromatic heterocycles. The van der Waals surface area contributed by atoms with Gasteiger partial charge in [-0.3, -0.25) is 0 Å².